The van der Waals surface area contributed by atoms with Crippen LogP contribution in [0.3, 0.4) is 0 Å². The molecule has 0 aliphatic carbocycles. The summed E-state index contributed by atoms with van der Waals surface area (Å²) in [4.78, 5) is 12.2. The van der Waals surface area contributed by atoms with E-state index in [1.54, 1.807) is 18.2 Å². The molecule has 0 spiro atoms. The van der Waals surface area contributed by atoms with Crippen LogP contribution in [0.4, 0.5) is 5.69 Å². The van der Waals surface area contributed by atoms with Crippen LogP contribution in [0.25, 0.3) is 16.5 Å². The molecule has 1 heterocycles. The summed E-state index contributed by atoms with van der Waals surface area (Å²) in [5, 5.41) is 1.92. The Bertz CT molecular complexity index is 1200. The molecule has 0 bridgehead atoms. The van der Waals surface area contributed by atoms with Crippen LogP contribution in [0.5, 0.6) is 11.5 Å². The van der Waals surface area contributed by atoms with Gasteiger partial charge in [-0.3, -0.25) is 4.72 Å². The minimum atomic E-state index is -4.07. The Kier molecular flexibility index (Phi) is 6.98. The van der Waals surface area contributed by atoms with Crippen LogP contribution in [-0.2, 0) is 19.6 Å². The molecule has 7 nitrogen and oxygen atoms in total. The minimum Gasteiger partial charge on any atom is -0.493 e. The maximum Gasteiger partial charge on any atom is 0.330 e. The van der Waals surface area contributed by atoms with Gasteiger partial charge in [0, 0.05) is 16.5 Å². The molecule has 0 saturated heterocycles. The van der Waals surface area contributed by atoms with E-state index in [1.807, 2.05) is 29.6 Å². The van der Waals surface area contributed by atoms with Crippen LogP contribution in [0.1, 0.15) is 5.56 Å². The van der Waals surface area contributed by atoms with Crippen molar-refractivity contribution >= 4 is 39.1 Å². The maximum absolute atomic E-state index is 13.4. The first-order chi connectivity index (χ1) is 14.9. The predicted molar refractivity (Wildman–Crippen MR) is 121 cm³/mol. The van der Waals surface area contributed by atoms with Gasteiger partial charge in [0.05, 0.1) is 27.0 Å². The molecule has 3 aromatic rings. The van der Waals surface area contributed by atoms with Gasteiger partial charge in [0.2, 0.25) is 0 Å². The number of esters is 1. The molecule has 1 N–H and O–H groups in total. The van der Waals surface area contributed by atoms with Gasteiger partial charge in [0.15, 0.2) is 11.5 Å². The monoisotopic (exact) mass is 459 g/mol. The lowest BCUT2D eigenvalue weighted by Crippen LogP contribution is -2.15. The molecule has 0 amide bonds. The molecule has 0 atom stereocenters. The van der Waals surface area contributed by atoms with E-state index >= 15 is 0 Å². The first-order valence-corrected chi connectivity index (χ1v) is 11.4. The molecule has 0 aliphatic rings. The van der Waals surface area contributed by atoms with Crippen molar-refractivity contribution in [1.29, 1.82) is 0 Å². The number of carbonyl (C=O) groups is 1. The molecule has 3 rings (SSSR count). The number of methoxy groups -OCH3 is 3. The van der Waals surface area contributed by atoms with Gasteiger partial charge in [0.1, 0.15) is 4.90 Å². The minimum absolute atomic E-state index is 0.0545. The zero-order valence-electron chi connectivity index (χ0n) is 17.1. The Balaban J connectivity index is 2.08. The number of anilines is 1. The fourth-order valence-corrected chi connectivity index (χ4v) is 4.96. The highest BCUT2D eigenvalue weighted by atomic mass is 32.2. The number of carbonyl (C=O) groups excluding carboxylic acids is 1. The summed E-state index contributed by atoms with van der Waals surface area (Å²) in [6, 6.07) is 13.9. The Hall–Kier alpha value is -3.30. The molecule has 9 heteroatoms. The zero-order valence-corrected chi connectivity index (χ0v) is 18.7. The second kappa shape index (κ2) is 9.67. The Morgan fingerprint density at radius 2 is 1.81 bits per heavy atom. The lowest BCUT2D eigenvalue weighted by atomic mass is 10.1. The third-order valence-corrected chi connectivity index (χ3v) is 6.60. The maximum atomic E-state index is 13.4. The number of para-hydroxylation sites is 1. The van der Waals surface area contributed by atoms with Gasteiger partial charge in [0.25, 0.3) is 10.0 Å². The largest absolute Gasteiger partial charge is 0.493 e. The van der Waals surface area contributed by atoms with Crippen molar-refractivity contribution in [3.8, 4) is 21.9 Å². The SMILES string of the molecule is COC(=O)/C=C/c1cc(OC)c(OC)c(S(=O)(=O)Nc2ccccc2-c2cccs2)c1. The fraction of sp³-hybridized carbons (Fsp3) is 0.136. The van der Waals surface area contributed by atoms with Crippen molar-refractivity contribution in [3.05, 3.63) is 65.6 Å². The third-order valence-electron chi connectivity index (χ3n) is 4.33. The number of rotatable bonds is 8. The molecule has 162 valence electrons. The van der Waals surface area contributed by atoms with Crippen LogP contribution in [-0.4, -0.2) is 35.7 Å². The fourth-order valence-electron chi connectivity index (χ4n) is 2.90. The highest BCUT2D eigenvalue weighted by molar-refractivity contribution is 7.92. The predicted octanol–water partition coefficient (Wildman–Crippen LogP) is 4.42. The molecular formula is C22H21NO6S2. The number of ether oxygens (including phenoxy) is 3. The van der Waals surface area contributed by atoms with E-state index in [2.05, 4.69) is 9.46 Å². The van der Waals surface area contributed by atoms with Crippen molar-refractivity contribution in [2.24, 2.45) is 0 Å². The van der Waals surface area contributed by atoms with E-state index in [0.717, 1.165) is 10.4 Å². The first kappa shape index (κ1) is 22.4. The van der Waals surface area contributed by atoms with Crippen molar-refractivity contribution in [2.75, 3.05) is 26.1 Å². The molecule has 0 aliphatic heterocycles. The summed E-state index contributed by atoms with van der Waals surface area (Å²) < 4.78 is 44.6. The molecule has 31 heavy (non-hydrogen) atoms. The first-order valence-electron chi connectivity index (χ1n) is 9.07. The number of benzene rings is 2. The highest BCUT2D eigenvalue weighted by Crippen LogP contribution is 2.38. The van der Waals surface area contributed by atoms with E-state index in [9.17, 15) is 13.2 Å². The molecule has 0 unspecified atom stereocenters. The quantitative estimate of drug-likeness (QED) is 0.396. The summed E-state index contributed by atoms with van der Waals surface area (Å²) in [5.41, 5.74) is 1.62. The zero-order chi connectivity index (χ0) is 22.4. The Morgan fingerprint density at radius 3 is 2.45 bits per heavy atom. The van der Waals surface area contributed by atoms with E-state index in [4.69, 9.17) is 9.47 Å². The number of nitrogens with one attached hydrogen (secondary N) is 1. The van der Waals surface area contributed by atoms with Crippen LogP contribution >= 0.6 is 11.3 Å². The number of hydrogen-bond acceptors (Lipinski definition) is 7. The molecule has 2 aromatic carbocycles. The second-order valence-corrected chi connectivity index (χ2v) is 8.84. The number of sulfonamides is 1. The van der Waals surface area contributed by atoms with E-state index in [0.29, 0.717) is 11.3 Å². The van der Waals surface area contributed by atoms with Crippen LogP contribution in [0.15, 0.2) is 64.9 Å². The topological polar surface area (TPSA) is 90.9 Å². The standard InChI is InChI=1S/C22H21NO6S2/c1-27-18-13-15(10-11-21(24)28-2)14-20(22(18)29-3)31(25,26)23-17-8-5-4-7-16(17)19-9-6-12-30-19/h4-14,23H,1-3H3/b11-10+. The van der Waals surface area contributed by atoms with E-state index in [-0.39, 0.29) is 16.4 Å². The van der Waals surface area contributed by atoms with Gasteiger partial charge in [-0.2, -0.15) is 0 Å². The van der Waals surface area contributed by atoms with Gasteiger partial charge in [-0.25, -0.2) is 13.2 Å². The molecule has 0 radical (unpaired) electrons. The van der Waals surface area contributed by atoms with Crippen molar-refractivity contribution in [1.82, 2.24) is 0 Å². The highest BCUT2D eigenvalue weighted by Gasteiger charge is 2.25. The van der Waals surface area contributed by atoms with E-state index < -0.39 is 16.0 Å². The summed E-state index contributed by atoms with van der Waals surface area (Å²) >= 11 is 1.51. The summed E-state index contributed by atoms with van der Waals surface area (Å²) in [5.74, 6) is -0.303. The third kappa shape index (κ3) is 5.07. The average Bonchev–Trinajstić information content (AvgIpc) is 3.31. The number of thiophene rings is 1. The lowest BCUT2D eigenvalue weighted by molar-refractivity contribution is -0.134. The van der Waals surface area contributed by atoms with Crippen LogP contribution < -0.4 is 14.2 Å². The molecule has 0 fully saturated rings. The normalized spacial score (nSPS) is 11.3. The Labute approximate surface area is 184 Å². The van der Waals surface area contributed by atoms with Gasteiger partial charge in [-0.15, -0.1) is 11.3 Å². The number of hydrogen-bond donors (Lipinski definition) is 1. The van der Waals surface area contributed by atoms with E-state index in [1.165, 1.54) is 50.9 Å². The van der Waals surface area contributed by atoms with Crippen LogP contribution in [0.2, 0.25) is 0 Å². The molecular weight excluding hydrogens is 438 g/mol. The molecule has 1 aromatic heterocycles. The van der Waals surface area contributed by atoms with Gasteiger partial charge >= 0.3 is 5.97 Å². The average molecular weight is 460 g/mol. The summed E-state index contributed by atoms with van der Waals surface area (Å²) in [6.45, 7) is 0. The Morgan fingerprint density at radius 1 is 1.03 bits per heavy atom. The van der Waals surface area contributed by atoms with Gasteiger partial charge < -0.3 is 14.2 Å². The second-order valence-electron chi connectivity index (χ2n) is 6.24. The van der Waals surface area contributed by atoms with Gasteiger partial charge in [-0.05, 0) is 41.3 Å². The summed E-state index contributed by atoms with van der Waals surface area (Å²) in [7, 11) is -0.0474. The van der Waals surface area contributed by atoms with Gasteiger partial charge in [-0.1, -0.05) is 24.3 Å². The smallest absolute Gasteiger partial charge is 0.330 e. The summed E-state index contributed by atoms with van der Waals surface area (Å²) in [6.07, 6.45) is 2.63. The van der Waals surface area contributed by atoms with Crippen molar-refractivity contribution in [3.63, 3.8) is 0 Å². The lowest BCUT2D eigenvalue weighted by Gasteiger charge is -2.16. The van der Waals surface area contributed by atoms with Crippen molar-refractivity contribution in [2.45, 2.75) is 4.90 Å². The van der Waals surface area contributed by atoms with Crippen LogP contribution in [0, 0.1) is 0 Å². The molecule has 0 saturated carbocycles. The van der Waals surface area contributed by atoms with Crippen molar-refractivity contribution < 1.29 is 27.4 Å².